The van der Waals surface area contributed by atoms with Gasteiger partial charge in [0, 0.05) is 17.6 Å². The Morgan fingerprint density at radius 1 is 1.29 bits per heavy atom. The minimum atomic E-state index is -4.77. The third-order valence-corrected chi connectivity index (χ3v) is 7.66. The number of rotatable bonds is 6. The summed E-state index contributed by atoms with van der Waals surface area (Å²) in [5, 5.41) is 0.0860. The Bertz CT molecular complexity index is 1380. The van der Waals surface area contributed by atoms with Gasteiger partial charge >= 0.3 is 6.18 Å². The van der Waals surface area contributed by atoms with Crippen LogP contribution >= 0.6 is 11.6 Å². The van der Waals surface area contributed by atoms with Gasteiger partial charge in [-0.3, -0.25) is 9.78 Å². The van der Waals surface area contributed by atoms with Crippen molar-refractivity contribution in [3.05, 3.63) is 46.9 Å². The Kier molecular flexibility index (Phi) is 6.11. The number of alkyl halides is 3. The standard InChI is InChI=1S/C21H19ClF4N4O3S/c1-10(21(24,25)26)29-34(32,33)12-5-6-16(28-9-12)19-18(20(27)31)13-7-15(23)14(22)8-17(13)30(19)11-3-2-4-11/h5-11,29H,2-4H2,1H3,(H2,27,31)/t10-/m0/s1. The molecule has 1 aliphatic rings. The topological polar surface area (TPSA) is 107 Å². The van der Waals surface area contributed by atoms with Crippen molar-refractivity contribution in [2.75, 3.05) is 0 Å². The number of halogens is 5. The molecule has 3 aromatic rings. The summed E-state index contributed by atoms with van der Waals surface area (Å²) in [5.41, 5.74) is 6.50. The van der Waals surface area contributed by atoms with Crippen LogP contribution < -0.4 is 10.5 Å². The summed E-state index contributed by atoms with van der Waals surface area (Å²) in [4.78, 5) is 16.0. The van der Waals surface area contributed by atoms with Crippen molar-refractivity contribution in [2.24, 2.45) is 5.73 Å². The molecule has 0 bridgehead atoms. The van der Waals surface area contributed by atoms with Crippen LogP contribution in [0.3, 0.4) is 0 Å². The first-order valence-electron chi connectivity index (χ1n) is 10.2. The molecule has 13 heteroatoms. The summed E-state index contributed by atoms with van der Waals surface area (Å²) in [5.74, 6) is -1.59. The van der Waals surface area contributed by atoms with E-state index in [0.717, 1.165) is 37.6 Å². The van der Waals surface area contributed by atoms with Crippen LogP contribution in [0.25, 0.3) is 22.3 Å². The summed E-state index contributed by atoms with van der Waals surface area (Å²) in [6, 6.07) is 2.49. The van der Waals surface area contributed by atoms with Gasteiger partial charge in [-0.2, -0.15) is 17.9 Å². The van der Waals surface area contributed by atoms with Crippen molar-refractivity contribution >= 4 is 38.4 Å². The Morgan fingerprint density at radius 3 is 2.47 bits per heavy atom. The number of nitrogens with two attached hydrogens (primary N) is 1. The number of carbonyl (C=O) groups is 1. The molecule has 7 nitrogen and oxygen atoms in total. The van der Waals surface area contributed by atoms with E-state index in [-0.39, 0.29) is 33.4 Å². The first-order valence-corrected chi connectivity index (χ1v) is 12.1. The van der Waals surface area contributed by atoms with Gasteiger partial charge in [-0.1, -0.05) is 11.6 Å². The Balaban J connectivity index is 1.86. The van der Waals surface area contributed by atoms with Gasteiger partial charge in [0.1, 0.15) is 16.8 Å². The predicted molar refractivity (Wildman–Crippen MR) is 117 cm³/mol. The third kappa shape index (κ3) is 4.25. The second kappa shape index (κ2) is 8.51. The maximum Gasteiger partial charge on any atom is 0.404 e. The van der Waals surface area contributed by atoms with Crippen LogP contribution in [0.1, 0.15) is 42.6 Å². The number of nitrogens with zero attached hydrogens (tertiary/aromatic N) is 2. The minimum Gasteiger partial charge on any atom is -0.366 e. The van der Waals surface area contributed by atoms with Crippen molar-refractivity contribution in [3.63, 3.8) is 0 Å². The lowest BCUT2D eigenvalue weighted by Crippen LogP contribution is -2.42. The molecule has 1 aliphatic carbocycles. The highest BCUT2D eigenvalue weighted by Crippen LogP contribution is 2.43. The fourth-order valence-corrected chi connectivity index (χ4v) is 5.21. The Morgan fingerprint density at radius 2 is 1.97 bits per heavy atom. The Labute approximate surface area is 197 Å². The second-order valence-corrected chi connectivity index (χ2v) is 10.2. The first kappa shape index (κ1) is 24.4. The maximum atomic E-state index is 14.2. The number of nitrogens with one attached hydrogen (secondary N) is 1. The lowest BCUT2D eigenvalue weighted by atomic mass is 9.92. The number of benzene rings is 1. The van der Waals surface area contributed by atoms with Crippen LogP contribution in [0.15, 0.2) is 35.4 Å². The SMILES string of the molecule is C[C@H](NS(=O)(=O)c1ccc(-c2c(C(N)=O)c3cc(F)c(Cl)cc3n2C2CCC2)nc1)C(F)(F)F. The molecule has 0 spiro atoms. The largest absolute Gasteiger partial charge is 0.404 e. The summed E-state index contributed by atoms with van der Waals surface area (Å²) in [6.07, 6.45) is -1.40. The molecule has 182 valence electrons. The number of primary amides is 1. The summed E-state index contributed by atoms with van der Waals surface area (Å²) in [7, 11) is -4.52. The molecule has 1 atom stereocenters. The molecule has 2 heterocycles. The monoisotopic (exact) mass is 518 g/mol. The number of pyridine rings is 1. The number of amides is 1. The normalized spacial score (nSPS) is 15.9. The fraction of sp³-hybridized carbons (Fsp3) is 0.333. The zero-order valence-electron chi connectivity index (χ0n) is 17.7. The number of fused-ring (bicyclic) bond motifs is 1. The van der Waals surface area contributed by atoms with Crippen molar-refractivity contribution in [3.8, 4) is 11.4 Å². The Hall–Kier alpha value is -2.70. The lowest BCUT2D eigenvalue weighted by Gasteiger charge is -2.30. The van der Waals surface area contributed by atoms with Crippen molar-refractivity contribution in [1.82, 2.24) is 14.3 Å². The zero-order valence-corrected chi connectivity index (χ0v) is 19.2. The molecule has 1 fully saturated rings. The van der Waals surface area contributed by atoms with Crippen LogP contribution in [0.4, 0.5) is 17.6 Å². The van der Waals surface area contributed by atoms with Gasteiger partial charge in [-0.15, -0.1) is 0 Å². The van der Waals surface area contributed by atoms with Gasteiger partial charge in [-0.05, 0) is 50.5 Å². The molecular formula is C21H19ClF4N4O3S. The molecule has 0 aliphatic heterocycles. The predicted octanol–water partition coefficient (Wildman–Crippen LogP) is 4.55. The molecule has 0 unspecified atom stereocenters. The minimum absolute atomic E-state index is 0.00982. The smallest absolute Gasteiger partial charge is 0.366 e. The molecule has 3 N–H and O–H groups in total. The van der Waals surface area contributed by atoms with E-state index >= 15 is 0 Å². The molecule has 0 radical (unpaired) electrons. The number of hydrogen-bond acceptors (Lipinski definition) is 4. The van der Waals surface area contributed by atoms with Gasteiger partial charge in [0.15, 0.2) is 0 Å². The average molecular weight is 519 g/mol. The van der Waals surface area contributed by atoms with Crippen molar-refractivity contribution in [2.45, 2.75) is 49.3 Å². The van der Waals surface area contributed by atoms with Crippen LogP contribution in [-0.2, 0) is 10.0 Å². The molecule has 1 saturated carbocycles. The number of aromatic nitrogens is 2. The summed E-state index contributed by atoms with van der Waals surface area (Å²) < 4.78 is 80.7. The van der Waals surface area contributed by atoms with E-state index in [1.165, 1.54) is 12.1 Å². The van der Waals surface area contributed by atoms with E-state index in [4.69, 9.17) is 17.3 Å². The van der Waals surface area contributed by atoms with Gasteiger partial charge in [0.2, 0.25) is 10.0 Å². The van der Waals surface area contributed by atoms with Crippen LogP contribution in [0.5, 0.6) is 0 Å². The van der Waals surface area contributed by atoms with E-state index in [1.807, 2.05) is 0 Å². The van der Waals surface area contributed by atoms with E-state index in [2.05, 4.69) is 4.98 Å². The number of sulfonamides is 1. The summed E-state index contributed by atoms with van der Waals surface area (Å²) in [6.45, 7) is 0.680. The zero-order chi connectivity index (χ0) is 25.0. The van der Waals surface area contributed by atoms with Gasteiger partial charge in [0.05, 0.1) is 27.5 Å². The third-order valence-electron chi connectivity index (χ3n) is 5.84. The van der Waals surface area contributed by atoms with Crippen molar-refractivity contribution < 1.29 is 30.8 Å². The molecule has 1 amide bonds. The van der Waals surface area contributed by atoms with Crippen LogP contribution in [0, 0.1) is 5.82 Å². The highest BCUT2D eigenvalue weighted by atomic mass is 35.5. The van der Waals surface area contributed by atoms with E-state index in [0.29, 0.717) is 12.4 Å². The number of carbonyl (C=O) groups excluding carboxylic acids is 1. The molecule has 0 saturated heterocycles. The van der Waals surface area contributed by atoms with Crippen molar-refractivity contribution in [1.29, 1.82) is 0 Å². The lowest BCUT2D eigenvalue weighted by molar-refractivity contribution is -0.147. The first-order chi connectivity index (χ1) is 15.8. The van der Waals surface area contributed by atoms with Crippen LogP contribution in [0.2, 0.25) is 5.02 Å². The number of hydrogen-bond donors (Lipinski definition) is 2. The van der Waals surface area contributed by atoms with E-state index in [9.17, 15) is 30.8 Å². The van der Waals surface area contributed by atoms with Crippen LogP contribution in [-0.4, -0.2) is 36.1 Å². The molecule has 1 aromatic carbocycles. The summed E-state index contributed by atoms with van der Waals surface area (Å²) >= 11 is 5.98. The highest BCUT2D eigenvalue weighted by molar-refractivity contribution is 7.89. The molecule has 34 heavy (non-hydrogen) atoms. The van der Waals surface area contributed by atoms with E-state index < -0.39 is 38.9 Å². The maximum absolute atomic E-state index is 14.2. The fourth-order valence-electron chi connectivity index (χ4n) is 3.88. The molecule has 2 aromatic heterocycles. The van der Waals surface area contributed by atoms with Gasteiger partial charge in [-0.25, -0.2) is 12.8 Å². The molecular weight excluding hydrogens is 500 g/mol. The van der Waals surface area contributed by atoms with Gasteiger partial charge in [0.25, 0.3) is 5.91 Å². The average Bonchev–Trinajstić information content (AvgIpc) is 3.00. The quantitative estimate of drug-likeness (QED) is 0.467. The highest BCUT2D eigenvalue weighted by Gasteiger charge is 2.39. The second-order valence-electron chi connectivity index (χ2n) is 8.09. The van der Waals surface area contributed by atoms with Gasteiger partial charge < -0.3 is 10.3 Å². The van der Waals surface area contributed by atoms with E-state index in [1.54, 1.807) is 9.29 Å². The molecule has 4 rings (SSSR count).